The lowest BCUT2D eigenvalue weighted by Crippen LogP contribution is -2.46. The van der Waals surface area contributed by atoms with Crippen LogP contribution in [0.5, 0.6) is 0 Å². The highest BCUT2D eigenvalue weighted by molar-refractivity contribution is 5.01. The minimum atomic E-state index is 0.831. The van der Waals surface area contributed by atoms with Crippen LogP contribution < -0.4 is 5.32 Å². The molecular formula is C16H27N. The molecule has 0 spiro atoms. The molecule has 0 aromatic carbocycles. The second kappa shape index (κ2) is 3.98. The first-order valence-electron chi connectivity index (χ1n) is 8.02. The van der Waals surface area contributed by atoms with Gasteiger partial charge >= 0.3 is 0 Å². The van der Waals surface area contributed by atoms with Gasteiger partial charge in [-0.3, -0.25) is 0 Å². The van der Waals surface area contributed by atoms with Crippen molar-refractivity contribution in [1.29, 1.82) is 0 Å². The van der Waals surface area contributed by atoms with Crippen LogP contribution in [-0.2, 0) is 0 Å². The average Bonchev–Trinajstić information content (AvgIpc) is 2.77. The molecule has 4 aliphatic carbocycles. The number of nitrogens with one attached hydrogen (secondary N) is 1. The van der Waals surface area contributed by atoms with Gasteiger partial charge in [-0.2, -0.15) is 0 Å². The van der Waals surface area contributed by atoms with Gasteiger partial charge in [-0.1, -0.05) is 0 Å². The third kappa shape index (κ3) is 1.95. The predicted octanol–water partition coefficient (Wildman–Crippen LogP) is 3.59. The fourth-order valence-electron chi connectivity index (χ4n) is 6.07. The predicted molar refractivity (Wildman–Crippen MR) is 70.8 cm³/mol. The van der Waals surface area contributed by atoms with E-state index in [2.05, 4.69) is 5.32 Å². The maximum atomic E-state index is 3.53. The largest absolute Gasteiger partial charge is 0.316 e. The molecule has 1 heterocycles. The second-order valence-electron chi connectivity index (χ2n) is 7.82. The minimum Gasteiger partial charge on any atom is -0.316 e. The van der Waals surface area contributed by atoms with Crippen LogP contribution in [0.4, 0.5) is 0 Å². The van der Waals surface area contributed by atoms with Gasteiger partial charge in [-0.05, 0) is 100.0 Å². The molecule has 0 radical (unpaired) electrons. The average molecular weight is 233 g/mol. The van der Waals surface area contributed by atoms with Crippen LogP contribution in [0.3, 0.4) is 0 Å². The van der Waals surface area contributed by atoms with E-state index in [0.29, 0.717) is 0 Å². The van der Waals surface area contributed by atoms with Crippen molar-refractivity contribution in [3.8, 4) is 0 Å². The quantitative estimate of drug-likeness (QED) is 0.785. The summed E-state index contributed by atoms with van der Waals surface area (Å²) in [6.45, 7) is 2.60. The van der Waals surface area contributed by atoms with E-state index < -0.39 is 0 Å². The Kier molecular flexibility index (Phi) is 2.54. The fraction of sp³-hybridized carbons (Fsp3) is 1.00. The van der Waals surface area contributed by atoms with Gasteiger partial charge in [-0.15, -0.1) is 0 Å². The third-order valence-corrected chi connectivity index (χ3v) is 6.41. The van der Waals surface area contributed by atoms with Gasteiger partial charge in [0.15, 0.2) is 0 Å². The molecule has 4 bridgehead atoms. The summed E-state index contributed by atoms with van der Waals surface area (Å²) in [5, 5.41) is 3.53. The van der Waals surface area contributed by atoms with Crippen LogP contribution in [0.25, 0.3) is 0 Å². The summed E-state index contributed by atoms with van der Waals surface area (Å²) in [7, 11) is 0. The Bertz CT molecular complexity index is 255. The number of hydrogen-bond acceptors (Lipinski definition) is 1. The summed E-state index contributed by atoms with van der Waals surface area (Å²) in [5.41, 5.74) is 0.831. The van der Waals surface area contributed by atoms with E-state index >= 15 is 0 Å². The Hall–Kier alpha value is -0.0400. The molecule has 1 N–H and O–H groups in total. The van der Waals surface area contributed by atoms with Crippen molar-refractivity contribution in [2.75, 3.05) is 13.1 Å². The minimum absolute atomic E-state index is 0.831. The molecule has 0 aromatic heterocycles. The normalized spacial score (nSPS) is 52.2. The van der Waals surface area contributed by atoms with Crippen molar-refractivity contribution in [2.24, 2.45) is 29.1 Å². The smallest absolute Gasteiger partial charge is 0.00200 e. The van der Waals surface area contributed by atoms with Crippen LogP contribution in [0.2, 0.25) is 0 Å². The highest BCUT2D eigenvalue weighted by Crippen LogP contribution is 2.61. The molecular weight excluding hydrogens is 206 g/mol. The Morgan fingerprint density at radius 2 is 1.59 bits per heavy atom. The van der Waals surface area contributed by atoms with E-state index in [9.17, 15) is 0 Å². The van der Waals surface area contributed by atoms with Gasteiger partial charge in [0.1, 0.15) is 0 Å². The zero-order chi connectivity index (χ0) is 11.3. The summed E-state index contributed by atoms with van der Waals surface area (Å²) in [6.07, 6.45) is 14.2. The maximum absolute atomic E-state index is 3.53. The molecule has 1 nitrogen and oxygen atoms in total. The zero-order valence-electron chi connectivity index (χ0n) is 11.1. The van der Waals surface area contributed by atoms with E-state index in [4.69, 9.17) is 0 Å². The van der Waals surface area contributed by atoms with Gasteiger partial charge in [-0.25, -0.2) is 0 Å². The van der Waals surface area contributed by atoms with Crippen LogP contribution in [0, 0.1) is 29.1 Å². The molecule has 96 valence electrons. The first-order chi connectivity index (χ1) is 8.31. The molecule has 0 aromatic rings. The van der Waals surface area contributed by atoms with Crippen molar-refractivity contribution >= 4 is 0 Å². The Balaban J connectivity index is 1.42. The molecule has 1 saturated heterocycles. The summed E-state index contributed by atoms with van der Waals surface area (Å²) >= 11 is 0. The van der Waals surface area contributed by atoms with Gasteiger partial charge in [0.05, 0.1) is 0 Å². The molecule has 0 amide bonds. The van der Waals surface area contributed by atoms with Crippen molar-refractivity contribution in [3.05, 3.63) is 0 Å². The molecule has 5 rings (SSSR count). The Morgan fingerprint density at radius 1 is 0.941 bits per heavy atom. The van der Waals surface area contributed by atoms with Crippen molar-refractivity contribution in [1.82, 2.24) is 5.32 Å². The molecule has 1 atom stereocenters. The van der Waals surface area contributed by atoms with Crippen LogP contribution in [0.1, 0.15) is 57.8 Å². The van der Waals surface area contributed by atoms with E-state index in [1.54, 1.807) is 44.9 Å². The lowest BCUT2D eigenvalue weighted by atomic mass is 9.48. The Labute approximate surface area is 106 Å². The number of hydrogen-bond donors (Lipinski definition) is 1. The van der Waals surface area contributed by atoms with Crippen molar-refractivity contribution < 1.29 is 0 Å². The molecule has 1 aliphatic heterocycles. The molecule has 5 aliphatic rings. The molecule has 1 heteroatoms. The van der Waals surface area contributed by atoms with Crippen molar-refractivity contribution in [2.45, 2.75) is 57.8 Å². The zero-order valence-corrected chi connectivity index (χ0v) is 11.1. The maximum Gasteiger partial charge on any atom is -0.00200 e. The highest BCUT2D eigenvalue weighted by atomic mass is 14.9. The van der Waals surface area contributed by atoms with Gasteiger partial charge in [0.25, 0.3) is 0 Å². The van der Waals surface area contributed by atoms with Crippen LogP contribution in [0.15, 0.2) is 0 Å². The topological polar surface area (TPSA) is 12.0 Å². The van der Waals surface area contributed by atoms with E-state index in [-0.39, 0.29) is 0 Å². The van der Waals surface area contributed by atoms with Crippen molar-refractivity contribution in [3.63, 3.8) is 0 Å². The lowest BCUT2D eigenvalue weighted by molar-refractivity contribution is -0.0597. The Morgan fingerprint density at radius 3 is 2.12 bits per heavy atom. The van der Waals surface area contributed by atoms with Gasteiger partial charge in [0.2, 0.25) is 0 Å². The summed E-state index contributed by atoms with van der Waals surface area (Å²) in [5.74, 6) is 4.44. The molecule has 1 unspecified atom stereocenters. The first-order valence-corrected chi connectivity index (χ1v) is 8.02. The van der Waals surface area contributed by atoms with Gasteiger partial charge in [0, 0.05) is 0 Å². The second-order valence-corrected chi connectivity index (χ2v) is 7.82. The SMILES string of the molecule is C1CC(CCC23CC4CC(CC(C4)C2)C3)CN1. The van der Waals surface area contributed by atoms with Gasteiger partial charge < -0.3 is 5.32 Å². The standard InChI is InChI=1S/C16H27N/c1(12-2-4-17-11-12)3-16-8-13-5-14(9-16)7-15(6-13)10-16/h12-15,17H,1-11H2. The monoisotopic (exact) mass is 233 g/mol. The highest BCUT2D eigenvalue weighted by Gasteiger charge is 2.50. The molecule has 4 saturated carbocycles. The summed E-state index contributed by atoms with van der Waals surface area (Å²) in [4.78, 5) is 0. The summed E-state index contributed by atoms with van der Waals surface area (Å²) in [6, 6.07) is 0. The third-order valence-electron chi connectivity index (χ3n) is 6.41. The molecule has 5 fully saturated rings. The van der Waals surface area contributed by atoms with Crippen LogP contribution >= 0.6 is 0 Å². The summed E-state index contributed by atoms with van der Waals surface area (Å²) < 4.78 is 0. The molecule has 17 heavy (non-hydrogen) atoms. The number of rotatable bonds is 3. The van der Waals surface area contributed by atoms with E-state index in [1.807, 2.05) is 0 Å². The lowest BCUT2D eigenvalue weighted by Gasteiger charge is -2.57. The van der Waals surface area contributed by atoms with E-state index in [0.717, 1.165) is 29.1 Å². The van der Waals surface area contributed by atoms with Crippen LogP contribution in [-0.4, -0.2) is 13.1 Å². The first kappa shape index (κ1) is 10.8. The fourth-order valence-corrected chi connectivity index (χ4v) is 6.07. The van der Waals surface area contributed by atoms with E-state index in [1.165, 1.54) is 25.9 Å².